The van der Waals surface area contributed by atoms with E-state index in [-0.39, 0.29) is 30.2 Å². The highest BCUT2D eigenvalue weighted by Gasteiger charge is 2.40. The molecule has 2 amide bonds. The third-order valence-electron chi connectivity index (χ3n) is 7.96. The fourth-order valence-electron chi connectivity index (χ4n) is 5.58. The number of nitrogens with two attached hydrogens (primary N) is 1. The van der Waals surface area contributed by atoms with Gasteiger partial charge in [-0.25, -0.2) is 9.59 Å². The van der Waals surface area contributed by atoms with Gasteiger partial charge in [0.25, 0.3) is 0 Å². The second-order valence-electron chi connectivity index (χ2n) is 11.1. The number of carbonyl (C=O) groups excluding carboxylic acids is 2. The number of amides is 2. The fourth-order valence-corrected chi connectivity index (χ4v) is 5.58. The first-order valence-corrected chi connectivity index (χ1v) is 14.4. The van der Waals surface area contributed by atoms with Crippen molar-refractivity contribution >= 4 is 28.8 Å². The molecule has 5 N–H and O–H groups in total. The molecule has 0 spiro atoms. The van der Waals surface area contributed by atoms with Crippen LogP contribution >= 0.6 is 0 Å². The fraction of sp³-hybridized carbons (Fsp3) is 0.467. The van der Waals surface area contributed by atoms with Crippen molar-refractivity contribution in [2.75, 3.05) is 19.7 Å². The Morgan fingerprint density at radius 2 is 1.64 bits per heavy atom. The molecule has 1 aromatic heterocycles. The van der Waals surface area contributed by atoms with Crippen LogP contribution in [-0.4, -0.2) is 74.8 Å². The number of hydrogen-bond acceptors (Lipinski definition) is 6. The van der Waals surface area contributed by atoms with E-state index in [9.17, 15) is 27.6 Å². The number of likely N-dealkylation sites (tertiary alicyclic amines) is 1. The Balaban J connectivity index is 0.000000566. The molecular formula is C30H36F3N5O6. The number of piperidine rings is 1. The Bertz CT molecular complexity index is 1490. The van der Waals surface area contributed by atoms with Gasteiger partial charge in [0.2, 0.25) is 11.8 Å². The number of carbonyl (C=O) groups is 3. The smallest absolute Gasteiger partial charge is 0.475 e. The maximum atomic E-state index is 13.6. The lowest BCUT2D eigenvalue weighted by Crippen LogP contribution is -2.59. The molecular weight excluding hydrogens is 583 g/mol. The molecule has 3 aromatic rings. The second kappa shape index (κ2) is 14.1. The van der Waals surface area contributed by atoms with E-state index in [0.29, 0.717) is 45.4 Å². The standard InChI is InChI=1S/C28H35N5O4.C2HF3O2/c29-28(14-6-7-15-28)26(35)30-23(19-37-18-20-8-2-1-3-9-20)25(34)32-16-12-21(13-17-32)33-24-11-5-4-10-22(24)31-27(33)36;3-2(4,5)1(6)7/h1-5,8-11,21,23H,6-7,12-19,29H2,(H,30,35)(H,31,36);(H,6,7)/t23-;/m1./s1. The third kappa shape index (κ3) is 8.05. The van der Waals surface area contributed by atoms with Crippen LogP contribution in [0, 0.1) is 0 Å². The summed E-state index contributed by atoms with van der Waals surface area (Å²) in [7, 11) is 0. The largest absolute Gasteiger partial charge is 0.490 e. The molecule has 2 aromatic carbocycles. The number of aromatic amines is 1. The van der Waals surface area contributed by atoms with E-state index in [1.54, 1.807) is 9.47 Å². The highest BCUT2D eigenvalue weighted by molar-refractivity contribution is 5.92. The number of carboxylic acids is 1. The van der Waals surface area contributed by atoms with Gasteiger partial charge in [-0.15, -0.1) is 0 Å². The molecule has 11 nitrogen and oxygen atoms in total. The summed E-state index contributed by atoms with van der Waals surface area (Å²) >= 11 is 0. The summed E-state index contributed by atoms with van der Waals surface area (Å²) in [6.07, 6.45) is -0.716. The minimum Gasteiger partial charge on any atom is -0.475 e. The molecule has 238 valence electrons. The van der Waals surface area contributed by atoms with Gasteiger partial charge >= 0.3 is 17.8 Å². The molecule has 1 saturated carbocycles. The Morgan fingerprint density at radius 3 is 2.25 bits per heavy atom. The van der Waals surface area contributed by atoms with Crippen molar-refractivity contribution in [2.24, 2.45) is 5.73 Å². The van der Waals surface area contributed by atoms with Gasteiger partial charge in [-0.2, -0.15) is 13.2 Å². The molecule has 2 aliphatic rings. The van der Waals surface area contributed by atoms with E-state index in [1.807, 2.05) is 54.6 Å². The number of benzene rings is 2. The first-order chi connectivity index (χ1) is 20.9. The number of nitrogens with zero attached hydrogens (tertiary/aromatic N) is 2. The molecule has 1 atom stereocenters. The van der Waals surface area contributed by atoms with E-state index in [4.69, 9.17) is 20.4 Å². The predicted octanol–water partition coefficient (Wildman–Crippen LogP) is 3.10. The zero-order valence-corrected chi connectivity index (χ0v) is 24.0. The summed E-state index contributed by atoms with van der Waals surface area (Å²) in [5.41, 5.74) is 7.99. The summed E-state index contributed by atoms with van der Waals surface area (Å²) in [5.74, 6) is -3.22. The van der Waals surface area contributed by atoms with Crippen molar-refractivity contribution in [1.29, 1.82) is 0 Å². The number of aliphatic carboxylic acids is 1. The molecule has 2 heterocycles. The summed E-state index contributed by atoms with van der Waals surface area (Å²) in [5, 5.41) is 10.0. The quantitative estimate of drug-likeness (QED) is 0.302. The van der Waals surface area contributed by atoms with Gasteiger partial charge in [-0.3, -0.25) is 14.2 Å². The number of hydrogen-bond donors (Lipinski definition) is 4. The number of carboxylic acid groups (broad SMARTS) is 1. The van der Waals surface area contributed by atoms with Crippen molar-refractivity contribution in [2.45, 2.75) is 68.9 Å². The number of alkyl halides is 3. The van der Waals surface area contributed by atoms with Crippen LogP contribution in [0.2, 0.25) is 0 Å². The first kappa shape index (κ1) is 32.7. The molecule has 1 aliphatic heterocycles. The van der Waals surface area contributed by atoms with Crippen LogP contribution < -0.4 is 16.7 Å². The molecule has 0 bridgehead atoms. The minimum atomic E-state index is -5.08. The van der Waals surface area contributed by atoms with Gasteiger partial charge in [0.15, 0.2) is 0 Å². The lowest BCUT2D eigenvalue weighted by Gasteiger charge is -2.35. The lowest BCUT2D eigenvalue weighted by atomic mass is 9.97. The molecule has 0 unspecified atom stereocenters. The van der Waals surface area contributed by atoms with Crippen LogP contribution in [0.1, 0.15) is 50.1 Å². The van der Waals surface area contributed by atoms with Crippen molar-refractivity contribution in [3.63, 3.8) is 0 Å². The molecule has 0 radical (unpaired) electrons. The van der Waals surface area contributed by atoms with Crippen LogP contribution in [-0.2, 0) is 25.7 Å². The number of imidazole rings is 1. The van der Waals surface area contributed by atoms with Gasteiger partial charge in [0.05, 0.1) is 29.8 Å². The number of H-pyrrole nitrogens is 1. The maximum Gasteiger partial charge on any atom is 0.490 e. The Hall–Kier alpha value is -4.17. The number of nitrogens with one attached hydrogen (secondary N) is 2. The van der Waals surface area contributed by atoms with E-state index in [1.165, 1.54) is 0 Å². The lowest BCUT2D eigenvalue weighted by molar-refractivity contribution is -0.192. The Morgan fingerprint density at radius 1 is 1.05 bits per heavy atom. The SMILES string of the molecule is NC1(C(=O)N[C@H](COCc2ccccc2)C(=O)N2CCC(n3c(=O)[nH]c4ccccc43)CC2)CCCC1.O=C(O)C(F)(F)F. The number of aromatic nitrogens is 2. The average molecular weight is 620 g/mol. The van der Waals surface area contributed by atoms with Gasteiger partial charge in [-0.05, 0) is 43.4 Å². The van der Waals surface area contributed by atoms with Crippen LogP contribution in [0.5, 0.6) is 0 Å². The number of fused-ring (bicyclic) bond motifs is 1. The zero-order valence-electron chi connectivity index (χ0n) is 24.0. The predicted molar refractivity (Wildman–Crippen MR) is 155 cm³/mol. The van der Waals surface area contributed by atoms with Crippen molar-refractivity contribution in [3.05, 3.63) is 70.6 Å². The monoisotopic (exact) mass is 619 g/mol. The maximum absolute atomic E-state index is 13.6. The summed E-state index contributed by atoms with van der Waals surface area (Å²) in [6.45, 7) is 1.40. The molecule has 1 aliphatic carbocycles. The summed E-state index contributed by atoms with van der Waals surface area (Å²) < 4.78 is 39.4. The molecule has 14 heteroatoms. The summed E-state index contributed by atoms with van der Waals surface area (Å²) in [6, 6.07) is 16.6. The van der Waals surface area contributed by atoms with Crippen molar-refractivity contribution in [1.82, 2.24) is 19.8 Å². The Labute approximate surface area is 251 Å². The zero-order chi connectivity index (χ0) is 31.9. The third-order valence-corrected chi connectivity index (χ3v) is 7.96. The van der Waals surface area contributed by atoms with Gasteiger partial charge in [0, 0.05) is 19.1 Å². The molecule has 44 heavy (non-hydrogen) atoms. The van der Waals surface area contributed by atoms with E-state index in [0.717, 1.165) is 29.4 Å². The second-order valence-corrected chi connectivity index (χ2v) is 11.1. The van der Waals surface area contributed by atoms with Crippen LogP contribution in [0.25, 0.3) is 11.0 Å². The number of para-hydroxylation sites is 2. The number of ether oxygens (including phenoxy) is 1. The summed E-state index contributed by atoms with van der Waals surface area (Å²) in [4.78, 5) is 52.9. The van der Waals surface area contributed by atoms with E-state index in [2.05, 4.69) is 10.3 Å². The topological polar surface area (TPSA) is 160 Å². The van der Waals surface area contributed by atoms with Gasteiger partial charge in [-0.1, -0.05) is 55.3 Å². The normalized spacial score (nSPS) is 17.5. The van der Waals surface area contributed by atoms with Crippen molar-refractivity contribution < 1.29 is 37.4 Å². The number of halogens is 3. The molecule has 5 rings (SSSR count). The Kier molecular flexibility index (Phi) is 10.5. The van der Waals surface area contributed by atoms with Crippen LogP contribution in [0.4, 0.5) is 13.2 Å². The van der Waals surface area contributed by atoms with E-state index < -0.39 is 23.7 Å². The van der Waals surface area contributed by atoms with Crippen LogP contribution in [0.3, 0.4) is 0 Å². The van der Waals surface area contributed by atoms with E-state index >= 15 is 0 Å². The van der Waals surface area contributed by atoms with Gasteiger partial charge in [0.1, 0.15) is 6.04 Å². The van der Waals surface area contributed by atoms with Gasteiger partial charge < -0.3 is 30.8 Å². The molecule has 2 fully saturated rings. The minimum absolute atomic E-state index is 0.000807. The molecule has 1 saturated heterocycles. The first-order valence-electron chi connectivity index (χ1n) is 14.4. The van der Waals surface area contributed by atoms with Crippen molar-refractivity contribution in [3.8, 4) is 0 Å². The number of rotatable bonds is 8. The highest BCUT2D eigenvalue weighted by Crippen LogP contribution is 2.28. The average Bonchev–Trinajstić information content (AvgIpc) is 3.60. The highest BCUT2D eigenvalue weighted by atomic mass is 19.4. The van der Waals surface area contributed by atoms with Crippen LogP contribution in [0.15, 0.2) is 59.4 Å².